The topological polar surface area (TPSA) is 89.1 Å². The molecule has 0 radical (unpaired) electrons. The van der Waals surface area contributed by atoms with Crippen molar-refractivity contribution in [3.05, 3.63) is 41.6 Å². The minimum Gasteiger partial charge on any atom is -0.476 e. The Bertz CT molecular complexity index is 629. The Balaban J connectivity index is 2.58. The van der Waals surface area contributed by atoms with Crippen LogP contribution in [0.5, 0.6) is 0 Å². The third kappa shape index (κ3) is 2.13. The number of anilines is 1. The van der Waals surface area contributed by atoms with Crippen LogP contribution in [-0.4, -0.2) is 21.0 Å². The first-order valence-electron chi connectivity index (χ1n) is 5.12. The molecule has 0 aromatic carbocycles. The molecule has 2 aromatic rings. The maximum atomic E-state index is 13.6. The lowest BCUT2D eigenvalue weighted by molar-refractivity contribution is 0.0692. The van der Waals surface area contributed by atoms with Crippen LogP contribution in [-0.2, 0) is 0 Å². The number of hydrogen-bond acceptors (Lipinski definition) is 4. The summed E-state index contributed by atoms with van der Waals surface area (Å²) < 4.78 is 13.6. The van der Waals surface area contributed by atoms with Gasteiger partial charge >= 0.3 is 5.97 Å². The van der Waals surface area contributed by atoms with E-state index in [-0.39, 0.29) is 22.6 Å². The smallest absolute Gasteiger partial charge is 0.356 e. The molecular weight excluding hydrogens is 237 g/mol. The quantitative estimate of drug-likeness (QED) is 0.791. The summed E-state index contributed by atoms with van der Waals surface area (Å²) in [6.45, 7) is 1.66. The van der Waals surface area contributed by atoms with Crippen molar-refractivity contribution >= 4 is 11.7 Å². The number of aryl methyl sites for hydroxylation is 1. The molecular formula is C12H10FN3O2. The van der Waals surface area contributed by atoms with Crippen molar-refractivity contribution in [1.82, 2.24) is 9.97 Å². The van der Waals surface area contributed by atoms with E-state index in [4.69, 9.17) is 10.8 Å². The van der Waals surface area contributed by atoms with E-state index in [2.05, 4.69) is 9.97 Å². The molecule has 0 aliphatic rings. The summed E-state index contributed by atoms with van der Waals surface area (Å²) in [4.78, 5) is 18.4. The molecule has 0 unspecified atom stereocenters. The first kappa shape index (κ1) is 12.0. The number of aromatic nitrogens is 2. The maximum absolute atomic E-state index is 13.6. The van der Waals surface area contributed by atoms with E-state index in [1.807, 2.05) is 0 Å². The minimum atomic E-state index is -1.25. The number of carbonyl (C=O) groups is 1. The van der Waals surface area contributed by atoms with Gasteiger partial charge in [-0.15, -0.1) is 0 Å². The van der Waals surface area contributed by atoms with Crippen LogP contribution in [0.1, 0.15) is 16.2 Å². The molecule has 0 amide bonds. The zero-order valence-electron chi connectivity index (χ0n) is 9.51. The van der Waals surface area contributed by atoms with Crippen LogP contribution in [0.2, 0.25) is 0 Å². The molecule has 0 aliphatic heterocycles. The van der Waals surface area contributed by atoms with Crippen LogP contribution in [0.3, 0.4) is 0 Å². The van der Waals surface area contributed by atoms with Gasteiger partial charge in [0.25, 0.3) is 0 Å². The molecule has 0 saturated heterocycles. The fraction of sp³-hybridized carbons (Fsp3) is 0.0833. The predicted molar refractivity (Wildman–Crippen MR) is 63.5 cm³/mol. The van der Waals surface area contributed by atoms with Gasteiger partial charge in [0.05, 0.1) is 16.9 Å². The highest BCUT2D eigenvalue weighted by atomic mass is 19.1. The largest absolute Gasteiger partial charge is 0.476 e. The highest BCUT2D eigenvalue weighted by molar-refractivity contribution is 5.92. The second-order valence-electron chi connectivity index (χ2n) is 3.73. The molecule has 92 valence electrons. The average molecular weight is 247 g/mol. The van der Waals surface area contributed by atoms with Gasteiger partial charge in [0, 0.05) is 5.69 Å². The van der Waals surface area contributed by atoms with E-state index >= 15 is 0 Å². The summed E-state index contributed by atoms with van der Waals surface area (Å²) in [5.41, 5.74) is 6.07. The van der Waals surface area contributed by atoms with Gasteiger partial charge in [-0.2, -0.15) is 4.39 Å². The fourth-order valence-electron chi connectivity index (χ4n) is 1.51. The highest BCUT2D eigenvalue weighted by Gasteiger charge is 2.14. The second kappa shape index (κ2) is 4.40. The van der Waals surface area contributed by atoms with Crippen molar-refractivity contribution in [2.24, 2.45) is 0 Å². The maximum Gasteiger partial charge on any atom is 0.356 e. The summed E-state index contributed by atoms with van der Waals surface area (Å²) in [7, 11) is 0. The Hall–Kier alpha value is -2.50. The van der Waals surface area contributed by atoms with E-state index in [0.717, 1.165) is 0 Å². The van der Waals surface area contributed by atoms with E-state index < -0.39 is 11.9 Å². The van der Waals surface area contributed by atoms with Crippen LogP contribution in [0.25, 0.3) is 11.3 Å². The van der Waals surface area contributed by atoms with Crippen LogP contribution < -0.4 is 5.73 Å². The van der Waals surface area contributed by atoms with Crippen molar-refractivity contribution in [2.75, 3.05) is 5.73 Å². The number of rotatable bonds is 2. The third-order valence-corrected chi connectivity index (χ3v) is 2.39. The first-order chi connectivity index (χ1) is 8.49. The summed E-state index contributed by atoms with van der Waals surface area (Å²) in [5.74, 6) is -1.95. The lowest BCUT2D eigenvalue weighted by Gasteiger charge is -2.05. The van der Waals surface area contributed by atoms with Gasteiger partial charge in [-0.05, 0) is 31.2 Å². The van der Waals surface area contributed by atoms with Gasteiger partial charge in [-0.25, -0.2) is 14.8 Å². The van der Waals surface area contributed by atoms with Gasteiger partial charge < -0.3 is 10.8 Å². The Labute approximate surface area is 102 Å². The SMILES string of the molecule is Cc1ccc(-c2ccc(N)c(C(=O)O)n2)c(F)n1. The Morgan fingerprint density at radius 2 is 2.00 bits per heavy atom. The van der Waals surface area contributed by atoms with Gasteiger partial charge in [-0.3, -0.25) is 0 Å². The number of pyridine rings is 2. The number of carboxylic acid groups (broad SMARTS) is 1. The van der Waals surface area contributed by atoms with Crippen molar-refractivity contribution in [3.63, 3.8) is 0 Å². The molecule has 0 fully saturated rings. The summed E-state index contributed by atoms with van der Waals surface area (Å²) >= 11 is 0. The molecule has 0 spiro atoms. The molecule has 3 N–H and O–H groups in total. The van der Waals surface area contributed by atoms with Crippen molar-refractivity contribution < 1.29 is 14.3 Å². The molecule has 0 bridgehead atoms. The van der Waals surface area contributed by atoms with E-state index in [1.54, 1.807) is 13.0 Å². The normalized spacial score (nSPS) is 10.3. The van der Waals surface area contributed by atoms with Gasteiger partial charge in [0.1, 0.15) is 0 Å². The third-order valence-electron chi connectivity index (χ3n) is 2.39. The van der Waals surface area contributed by atoms with Gasteiger partial charge in [0.2, 0.25) is 5.95 Å². The number of aromatic carboxylic acids is 1. The zero-order chi connectivity index (χ0) is 13.3. The van der Waals surface area contributed by atoms with Crippen LogP contribution in [0, 0.1) is 12.9 Å². The molecule has 0 saturated carbocycles. The number of carboxylic acids is 1. The molecule has 6 heteroatoms. The molecule has 18 heavy (non-hydrogen) atoms. The molecule has 2 rings (SSSR count). The lowest BCUT2D eigenvalue weighted by Crippen LogP contribution is -2.06. The summed E-state index contributed by atoms with van der Waals surface area (Å²) in [6, 6.07) is 5.96. The highest BCUT2D eigenvalue weighted by Crippen LogP contribution is 2.22. The first-order valence-corrected chi connectivity index (χ1v) is 5.12. The van der Waals surface area contributed by atoms with Crippen LogP contribution >= 0.6 is 0 Å². The van der Waals surface area contributed by atoms with Crippen molar-refractivity contribution in [3.8, 4) is 11.3 Å². The van der Waals surface area contributed by atoms with Gasteiger partial charge in [0.15, 0.2) is 5.69 Å². The molecule has 2 aromatic heterocycles. The molecule has 5 nitrogen and oxygen atoms in total. The van der Waals surface area contributed by atoms with Crippen LogP contribution in [0.4, 0.5) is 10.1 Å². The number of halogens is 1. The summed E-state index contributed by atoms with van der Waals surface area (Å²) in [6.07, 6.45) is 0. The Morgan fingerprint density at radius 3 is 2.61 bits per heavy atom. The van der Waals surface area contributed by atoms with E-state index in [9.17, 15) is 9.18 Å². The number of nitrogens with zero attached hydrogens (tertiary/aromatic N) is 2. The van der Waals surface area contributed by atoms with E-state index in [0.29, 0.717) is 5.69 Å². The number of nitrogen functional groups attached to an aromatic ring is 1. The number of nitrogens with two attached hydrogens (primary N) is 1. The van der Waals surface area contributed by atoms with Crippen molar-refractivity contribution in [2.45, 2.75) is 6.92 Å². The Morgan fingerprint density at radius 1 is 1.28 bits per heavy atom. The minimum absolute atomic E-state index is 0.0340. The Kier molecular flexibility index (Phi) is 2.93. The summed E-state index contributed by atoms with van der Waals surface area (Å²) in [5, 5.41) is 8.90. The average Bonchev–Trinajstić information content (AvgIpc) is 2.30. The lowest BCUT2D eigenvalue weighted by atomic mass is 10.1. The fourth-order valence-corrected chi connectivity index (χ4v) is 1.51. The molecule has 0 aliphatic carbocycles. The monoisotopic (exact) mass is 247 g/mol. The van der Waals surface area contributed by atoms with Crippen LogP contribution in [0.15, 0.2) is 24.3 Å². The standard InChI is InChI=1S/C12H10FN3O2/c1-6-2-3-7(11(13)15-6)9-5-4-8(14)10(16-9)12(17)18/h2-5H,14H2,1H3,(H,17,18). The molecule has 2 heterocycles. The molecule has 0 atom stereocenters. The van der Waals surface area contributed by atoms with E-state index in [1.165, 1.54) is 18.2 Å². The zero-order valence-corrected chi connectivity index (χ0v) is 9.51. The van der Waals surface area contributed by atoms with Gasteiger partial charge in [-0.1, -0.05) is 0 Å². The van der Waals surface area contributed by atoms with Crippen molar-refractivity contribution in [1.29, 1.82) is 0 Å². The number of hydrogen-bond donors (Lipinski definition) is 2. The second-order valence-corrected chi connectivity index (χ2v) is 3.73. The predicted octanol–water partition coefficient (Wildman–Crippen LogP) is 1.87.